The lowest BCUT2D eigenvalue weighted by atomic mass is 10.3. The molecule has 0 fully saturated rings. The Morgan fingerprint density at radius 2 is 1.96 bits per heavy atom. The minimum atomic E-state index is -3.68. The molecule has 0 saturated carbocycles. The smallest absolute Gasteiger partial charge is 0.261 e. The number of sulfonamides is 1. The van der Waals surface area contributed by atoms with Crippen LogP contribution >= 0.6 is 27.7 Å². The first kappa shape index (κ1) is 16.9. The summed E-state index contributed by atoms with van der Waals surface area (Å²) in [5.41, 5.74) is 1.09. The second-order valence-corrected chi connectivity index (χ2v) is 8.06. The number of hydrogen-bond acceptors (Lipinski definition) is 6. The van der Waals surface area contributed by atoms with Gasteiger partial charge in [-0.1, -0.05) is 39.8 Å². The van der Waals surface area contributed by atoms with E-state index in [4.69, 9.17) is 0 Å². The van der Waals surface area contributed by atoms with Gasteiger partial charge in [0.05, 0.1) is 16.3 Å². The average Bonchev–Trinajstić information content (AvgIpc) is 3.03. The zero-order valence-corrected chi connectivity index (χ0v) is 15.6. The van der Waals surface area contributed by atoms with Crippen LogP contribution in [0.1, 0.15) is 0 Å². The highest BCUT2D eigenvalue weighted by Crippen LogP contribution is 2.22. The lowest BCUT2D eigenvalue weighted by molar-refractivity contribution is 0.601. The van der Waals surface area contributed by atoms with Crippen LogP contribution in [0.2, 0.25) is 0 Å². The Bertz CT molecular complexity index is 975. The van der Waals surface area contributed by atoms with E-state index in [0.29, 0.717) is 21.0 Å². The molecule has 0 atom stereocenters. The minimum absolute atomic E-state index is 0.175. The summed E-state index contributed by atoms with van der Waals surface area (Å²) >= 11 is 4.67. The van der Waals surface area contributed by atoms with Gasteiger partial charge in [-0.2, -0.15) is 4.68 Å². The zero-order valence-electron chi connectivity index (χ0n) is 12.4. The summed E-state index contributed by atoms with van der Waals surface area (Å²) in [6, 6.07) is 13.4. The molecule has 0 spiro atoms. The number of halogens is 1. The maximum absolute atomic E-state index is 12.5. The summed E-state index contributed by atoms with van der Waals surface area (Å²) in [5, 5.41) is 12.1. The molecule has 0 aliphatic heterocycles. The van der Waals surface area contributed by atoms with Crippen molar-refractivity contribution in [3.63, 3.8) is 0 Å². The fourth-order valence-corrected chi connectivity index (χ4v) is 4.10. The molecule has 1 heterocycles. The molecule has 1 aromatic heterocycles. The number of nitrogens with zero attached hydrogens (tertiary/aromatic N) is 4. The van der Waals surface area contributed by atoms with Crippen LogP contribution in [-0.2, 0) is 10.0 Å². The van der Waals surface area contributed by atoms with E-state index in [1.54, 1.807) is 47.1 Å². The third-order valence-corrected chi connectivity index (χ3v) is 5.56. The summed E-state index contributed by atoms with van der Waals surface area (Å²) in [6.45, 7) is 0. The van der Waals surface area contributed by atoms with Gasteiger partial charge < -0.3 is 0 Å². The maximum atomic E-state index is 12.5. The molecular formula is C14H12BrN5O2S2. The van der Waals surface area contributed by atoms with Crippen LogP contribution in [0.3, 0.4) is 0 Å². The molecule has 0 radical (unpaired) electrons. The van der Waals surface area contributed by atoms with Crippen molar-refractivity contribution in [1.29, 1.82) is 0 Å². The Kier molecular flexibility index (Phi) is 4.88. The standard InChI is InChI=1S/C14H12BrN5O2S2/c1-23-14-16-18-19-20(14)12-6-3-5-11(9-12)17-24(21,22)13-7-2-4-10(15)8-13/h2-9,17H,1H3. The van der Waals surface area contributed by atoms with Gasteiger partial charge in [-0.3, -0.25) is 4.72 Å². The summed E-state index contributed by atoms with van der Waals surface area (Å²) in [4.78, 5) is 0.175. The predicted molar refractivity (Wildman–Crippen MR) is 95.9 cm³/mol. The largest absolute Gasteiger partial charge is 0.280 e. The first-order valence-corrected chi connectivity index (χ1v) is 10.2. The van der Waals surface area contributed by atoms with Gasteiger partial charge >= 0.3 is 0 Å². The van der Waals surface area contributed by atoms with Gasteiger partial charge in [0.2, 0.25) is 5.16 Å². The van der Waals surface area contributed by atoms with E-state index in [1.165, 1.54) is 17.8 Å². The third kappa shape index (κ3) is 3.60. The monoisotopic (exact) mass is 425 g/mol. The highest BCUT2D eigenvalue weighted by molar-refractivity contribution is 9.10. The van der Waals surface area contributed by atoms with E-state index >= 15 is 0 Å². The van der Waals surface area contributed by atoms with Gasteiger partial charge in [-0.05, 0) is 53.1 Å². The molecule has 0 bridgehead atoms. The van der Waals surface area contributed by atoms with Crippen molar-refractivity contribution >= 4 is 43.4 Å². The summed E-state index contributed by atoms with van der Waals surface area (Å²) in [7, 11) is -3.68. The van der Waals surface area contributed by atoms with E-state index in [2.05, 4.69) is 36.2 Å². The highest BCUT2D eigenvalue weighted by Gasteiger charge is 2.15. The number of thioether (sulfide) groups is 1. The number of anilines is 1. The van der Waals surface area contributed by atoms with E-state index in [1.807, 2.05) is 6.26 Å². The second kappa shape index (κ2) is 6.91. The van der Waals surface area contributed by atoms with Gasteiger partial charge in [0.25, 0.3) is 10.0 Å². The van der Waals surface area contributed by atoms with Crippen molar-refractivity contribution in [1.82, 2.24) is 20.2 Å². The van der Waals surface area contributed by atoms with E-state index in [0.717, 1.165) is 0 Å². The molecule has 0 saturated heterocycles. The molecule has 0 aliphatic rings. The second-order valence-electron chi connectivity index (χ2n) is 4.69. The minimum Gasteiger partial charge on any atom is -0.280 e. The number of rotatable bonds is 5. The van der Waals surface area contributed by atoms with Crippen molar-refractivity contribution in [3.8, 4) is 5.69 Å². The molecule has 3 rings (SSSR count). The van der Waals surface area contributed by atoms with Crippen molar-refractivity contribution in [2.75, 3.05) is 11.0 Å². The zero-order chi connectivity index (χ0) is 17.2. The van der Waals surface area contributed by atoms with Gasteiger partial charge in [0.15, 0.2) is 0 Å². The van der Waals surface area contributed by atoms with Crippen LogP contribution in [0, 0.1) is 0 Å². The summed E-state index contributed by atoms with van der Waals surface area (Å²) < 4.78 is 29.8. The van der Waals surface area contributed by atoms with Crippen LogP contribution in [0.5, 0.6) is 0 Å². The number of aromatic nitrogens is 4. The van der Waals surface area contributed by atoms with Gasteiger partial charge in [-0.15, -0.1) is 5.10 Å². The Morgan fingerprint density at radius 3 is 2.71 bits per heavy atom. The van der Waals surface area contributed by atoms with Crippen LogP contribution in [0.15, 0.2) is 63.1 Å². The topological polar surface area (TPSA) is 89.8 Å². The first-order valence-electron chi connectivity index (χ1n) is 6.71. The maximum Gasteiger partial charge on any atom is 0.261 e. The summed E-state index contributed by atoms with van der Waals surface area (Å²) in [6.07, 6.45) is 1.86. The molecule has 2 aromatic carbocycles. The van der Waals surface area contributed by atoms with Crippen LogP contribution in [-0.4, -0.2) is 34.9 Å². The van der Waals surface area contributed by atoms with Crippen molar-refractivity contribution in [2.24, 2.45) is 0 Å². The fourth-order valence-electron chi connectivity index (χ4n) is 2.02. The van der Waals surface area contributed by atoms with E-state index < -0.39 is 10.0 Å². The lowest BCUT2D eigenvalue weighted by Gasteiger charge is -2.10. The Labute approximate surface area is 151 Å². The van der Waals surface area contributed by atoms with Crippen LogP contribution in [0.4, 0.5) is 5.69 Å². The molecule has 3 aromatic rings. The quantitative estimate of drug-likeness (QED) is 0.631. The van der Waals surface area contributed by atoms with Crippen LogP contribution in [0.25, 0.3) is 5.69 Å². The fraction of sp³-hybridized carbons (Fsp3) is 0.0714. The molecule has 0 amide bonds. The molecular weight excluding hydrogens is 414 g/mol. The molecule has 24 heavy (non-hydrogen) atoms. The Hall–Kier alpha value is -1.91. The van der Waals surface area contributed by atoms with Crippen molar-refractivity contribution in [3.05, 3.63) is 53.0 Å². The highest BCUT2D eigenvalue weighted by atomic mass is 79.9. The number of tetrazole rings is 1. The lowest BCUT2D eigenvalue weighted by Crippen LogP contribution is -2.13. The van der Waals surface area contributed by atoms with Gasteiger partial charge in [-0.25, -0.2) is 8.42 Å². The van der Waals surface area contributed by atoms with Gasteiger partial charge in [0.1, 0.15) is 0 Å². The van der Waals surface area contributed by atoms with E-state index in [9.17, 15) is 8.42 Å². The Balaban J connectivity index is 1.93. The SMILES string of the molecule is CSc1nnnn1-c1cccc(NS(=O)(=O)c2cccc(Br)c2)c1. The number of benzene rings is 2. The van der Waals surface area contributed by atoms with E-state index in [-0.39, 0.29) is 4.90 Å². The molecule has 124 valence electrons. The third-order valence-electron chi connectivity index (χ3n) is 3.07. The molecule has 7 nitrogen and oxygen atoms in total. The predicted octanol–water partition coefficient (Wildman–Crippen LogP) is 2.95. The first-order chi connectivity index (χ1) is 11.5. The molecule has 0 aliphatic carbocycles. The number of nitrogens with one attached hydrogen (secondary N) is 1. The molecule has 10 heteroatoms. The van der Waals surface area contributed by atoms with Crippen LogP contribution < -0.4 is 4.72 Å². The van der Waals surface area contributed by atoms with Gasteiger partial charge in [0, 0.05) is 4.47 Å². The summed E-state index contributed by atoms with van der Waals surface area (Å²) in [5.74, 6) is 0. The number of hydrogen-bond donors (Lipinski definition) is 1. The Morgan fingerprint density at radius 1 is 1.17 bits per heavy atom. The molecule has 1 N–H and O–H groups in total. The van der Waals surface area contributed by atoms with Crippen molar-refractivity contribution < 1.29 is 8.42 Å². The van der Waals surface area contributed by atoms with Crippen molar-refractivity contribution in [2.45, 2.75) is 10.1 Å². The molecule has 0 unspecified atom stereocenters. The average molecular weight is 426 g/mol. The normalized spacial score (nSPS) is 11.4.